The molecule has 2 aromatic carbocycles. The molecule has 1 atom stereocenters. The third-order valence-corrected chi connectivity index (χ3v) is 5.02. The second kappa shape index (κ2) is 9.22. The number of hydrogen-bond donors (Lipinski definition) is 4. The zero-order valence-corrected chi connectivity index (χ0v) is 16.9. The highest BCUT2D eigenvalue weighted by Gasteiger charge is 2.37. The van der Waals surface area contributed by atoms with Gasteiger partial charge < -0.3 is 25.6 Å². The van der Waals surface area contributed by atoms with Crippen LogP contribution in [0.1, 0.15) is 44.3 Å². The quantitative estimate of drug-likeness (QED) is 0.414. The summed E-state index contributed by atoms with van der Waals surface area (Å²) in [6.45, 7) is 2.82. The van der Waals surface area contributed by atoms with Crippen molar-refractivity contribution >= 4 is 18.8 Å². The molecule has 4 N–H and O–H groups in total. The van der Waals surface area contributed by atoms with Crippen molar-refractivity contribution in [2.24, 2.45) is 0 Å². The number of hydrogen-bond acceptors (Lipinski definition) is 6. The maximum atomic E-state index is 12.8. The molecule has 152 valence electrons. The number of nitrogens with one attached hydrogen (secondary N) is 3. The summed E-state index contributed by atoms with van der Waals surface area (Å²) in [6, 6.07) is 10.9. The van der Waals surface area contributed by atoms with E-state index in [4.69, 9.17) is 4.65 Å². The molecule has 1 heterocycles. The molecule has 0 aliphatic carbocycles. The minimum atomic E-state index is -1.23. The molecule has 1 aliphatic rings. The molecular formula is C21H26BN3O4. The van der Waals surface area contributed by atoms with Gasteiger partial charge in [-0.1, -0.05) is 18.2 Å². The molecule has 1 amide bonds. The van der Waals surface area contributed by atoms with E-state index in [0.717, 1.165) is 16.7 Å². The number of fused-ring (bicyclic) bond motifs is 1. The predicted molar refractivity (Wildman–Crippen MR) is 112 cm³/mol. The van der Waals surface area contributed by atoms with Crippen LogP contribution in [0.25, 0.3) is 0 Å². The van der Waals surface area contributed by atoms with Crippen LogP contribution in [-0.4, -0.2) is 43.9 Å². The molecule has 0 aromatic heterocycles. The molecule has 29 heavy (non-hydrogen) atoms. The number of carbonyl (C=O) groups excluding carboxylic acids is 2. The topological polar surface area (TPSA) is 99.7 Å². The van der Waals surface area contributed by atoms with Gasteiger partial charge in [0.25, 0.3) is 5.91 Å². The van der Waals surface area contributed by atoms with Gasteiger partial charge in [-0.15, -0.1) is 0 Å². The summed E-state index contributed by atoms with van der Waals surface area (Å²) in [4.78, 5) is 24.6. The summed E-state index contributed by atoms with van der Waals surface area (Å²) in [6.07, 6.45) is 0.380. The van der Waals surface area contributed by atoms with E-state index in [2.05, 4.69) is 16.0 Å². The van der Waals surface area contributed by atoms with Crippen LogP contribution in [0.3, 0.4) is 0 Å². The Kier molecular flexibility index (Phi) is 6.69. The van der Waals surface area contributed by atoms with Crippen molar-refractivity contribution in [1.82, 2.24) is 16.0 Å². The van der Waals surface area contributed by atoms with Crippen LogP contribution in [0.5, 0.6) is 5.75 Å². The molecule has 3 rings (SSSR count). The van der Waals surface area contributed by atoms with Gasteiger partial charge in [-0.05, 0) is 62.3 Å². The van der Waals surface area contributed by atoms with E-state index < -0.39 is 13.1 Å². The van der Waals surface area contributed by atoms with Gasteiger partial charge in [0.1, 0.15) is 5.75 Å². The van der Waals surface area contributed by atoms with Crippen molar-refractivity contribution in [1.29, 1.82) is 0 Å². The van der Waals surface area contributed by atoms with Crippen molar-refractivity contribution in [2.75, 3.05) is 14.1 Å². The molecule has 1 aliphatic heterocycles. The lowest BCUT2D eigenvalue weighted by Crippen LogP contribution is -2.53. The van der Waals surface area contributed by atoms with Crippen LogP contribution in [0.15, 0.2) is 36.4 Å². The zero-order valence-electron chi connectivity index (χ0n) is 16.9. The largest absolute Gasteiger partial charge is 0.547 e. The summed E-state index contributed by atoms with van der Waals surface area (Å²) in [5.74, 6) is -0.625. The molecule has 2 aromatic rings. The van der Waals surface area contributed by atoms with Gasteiger partial charge in [0.15, 0.2) is 5.78 Å². The molecule has 0 radical (unpaired) electrons. The van der Waals surface area contributed by atoms with Crippen LogP contribution >= 0.6 is 0 Å². The van der Waals surface area contributed by atoms with Gasteiger partial charge in [-0.25, -0.2) is 0 Å². The van der Waals surface area contributed by atoms with Crippen molar-refractivity contribution in [3.8, 4) is 5.75 Å². The minimum Gasteiger partial charge on any atom is -0.534 e. The average molecular weight is 395 g/mol. The van der Waals surface area contributed by atoms with E-state index in [0.29, 0.717) is 36.4 Å². The first-order valence-corrected chi connectivity index (χ1v) is 9.64. The minimum absolute atomic E-state index is 0.129. The second-order valence-corrected chi connectivity index (χ2v) is 7.19. The Bertz CT molecular complexity index is 919. The lowest BCUT2D eigenvalue weighted by atomic mass is 9.72. The molecule has 0 fully saturated rings. The van der Waals surface area contributed by atoms with Gasteiger partial charge in [-0.3, -0.25) is 9.59 Å². The van der Waals surface area contributed by atoms with E-state index in [1.807, 2.05) is 32.3 Å². The Labute approximate surface area is 171 Å². The Hall–Kier alpha value is -2.68. The number of para-hydroxylation sites is 1. The third kappa shape index (κ3) is 4.67. The Morgan fingerprint density at radius 1 is 1.14 bits per heavy atom. The molecule has 0 spiro atoms. The lowest BCUT2D eigenvalue weighted by molar-refractivity contribution is 0.0938. The van der Waals surface area contributed by atoms with Crippen molar-refractivity contribution in [3.05, 3.63) is 64.2 Å². The van der Waals surface area contributed by atoms with Gasteiger partial charge in [-0.2, -0.15) is 0 Å². The standard InChI is InChI=1S/C21H26BN3O4/c1-13(26)18-6-4-5-14-10-19(22(28)29-20(14)18)25-21(27)15-7-8-16(11-23-2)17(9-15)12-24-3/h4-9,19,23-24,28H,10-12H2,1-3H3,(H,25,27)/t19-/m0/s1. The summed E-state index contributed by atoms with van der Waals surface area (Å²) >= 11 is 0. The molecule has 0 saturated heterocycles. The fourth-order valence-electron chi connectivity index (χ4n) is 3.56. The maximum absolute atomic E-state index is 12.8. The van der Waals surface area contributed by atoms with Gasteiger partial charge in [0.2, 0.25) is 0 Å². The fourth-order valence-corrected chi connectivity index (χ4v) is 3.56. The van der Waals surface area contributed by atoms with Crippen LogP contribution in [0, 0.1) is 0 Å². The van der Waals surface area contributed by atoms with Crippen LogP contribution in [0.4, 0.5) is 0 Å². The molecule has 7 nitrogen and oxygen atoms in total. The van der Waals surface area contributed by atoms with Crippen LogP contribution in [-0.2, 0) is 19.5 Å². The number of rotatable bonds is 7. The average Bonchev–Trinajstić information content (AvgIpc) is 2.69. The van der Waals surface area contributed by atoms with E-state index >= 15 is 0 Å². The zero-order chi connectivity index (χ0) is 21.0. The molecule has 0 bridgehead atoms. The monoisotopic (exact) mass is 395 g/mol. The van der Waals surface area contributed by atoms with E-state index in [-0.39, 0.29) is 11.7 Å². The highest BCUT2D eigenvalue weighted by atomic mass is 16.5. The van der Waals surface area contributed by atoms with Crippen LogP contribution in [0.2, 0.25) is 0 Å². The van der Waals surface area contributed by atoms with E-state index in [9.17, 15) is 14.6 Å². The number of amides is 1. The Morgan fingerprint density at radius 3 is 2.55 bits per heavy atom. The predicted octanol–water partition coefficient (Wildman–Crippen LogP) is 1.08. The van der Waals surface area contributed by atoms with Gasteiger partial charge in [0, 0.05) is 18.7 Å². The number of benzene rings is 2. The number of carbonyl (C=O) groups is 2. The van der Waals surface area contributed by atoms with Crippen molar-refractivity contribution in [3.63, 3.8) is 0 Å². The Morgan fingerprint density at radius 2 is 1.86 bits per heavy atom. The third-order valence-electron chi connectivity index (χ3n) is 5.02. The highest BCUT2D eigenvalue weighted by molar-refractivity contribution is 6.47. The van der Waals surface area contributed by atoms with Gasteiger partial charge in [0.05, 0.1) is 11.5 Å². The second-order valence-electron chi connectivity index (χ2n) is 7.19. The fraction of sp³-hybridized carbons (Fsp3) is 0.333. The summed E-state index contributed by atoms with van der Waals surface area (Å²) in [5.41, 5.74) is 3.89. The number of ketones is 1. The molecular weight excluding hydrogens is 369 g/mol. The van der Waals surface area contributed by atoms with Gasteiger partial charge >= 0.3 is 7.12 Å². The SMILES string of the molecule is CNCc1ccc(C(=O)N[C@H]2Cc3cccc(C(C)=O)c3OB2O)cc1CNC. The Balaban J connectivity index is 1.78. The summed E-state index contributed by atoms with van der Waals surface area (Å²) in [7, 11) is 2.51. The van der Waals surface area contributed by atoms with Crippen molar-refractivity contribution in [2.45, 2.75) is 32.4 Å². The lowest BCUT2D eigenvalue weighted by Gasteiger charge is -2.29. The van der Waals surface area contributed by atoms with Crippen molar-refractivity contribution < 1.29 is 19.3 Å². The molecule has 8 heteroatoms. The first kappa shape index (κ1) is 21.0. The van der Waals surface area contributed by atoms with E-state index in [1.165, 1.54) is 6.92 Å². The normalized spacial score (nSPS) is 15.4. The van der Waals surface area contributed by atoms with Crippen LogP contribution < -0.4 is 20.6 Å². The summed E-state index contributed by atoms with van der Waals surface area (Å²) in [5, 5.41) is 19.5. The highest BCUT2D eigenvalue weighted by Crippen LogP contribution is 2.30. The molecule has 0 saturated carbocycles. The number of Topliss-reactive ketones (excluding diaryl/α,β-unsaturated/α-hetero) is 1. The first-order chi connectivity index (χ1) is 13.9. The maximum Gasteiger partial charge on any atom is 0.547 e. The summed E-state index contributed by atoms with van der Waals surface area (Å²) < 4.78 is 5.59. The first-order valence-electron chi connectivity index (χ1n) is 9.64. The van der Waals surface area contributed by atoms with E-state index in [1.54, 1.807) is 18.2 Å². The smallest absolute Gasteiger partial charge is 0.534 e. The molecule has 0 unspecified atom stereocenters.